The zero-order valence-corrected chi connectivity index (χ0v) is 21.6. The van der Waals surface area contributed by atoms with Gasteiger partial charge in [0.15, 0.2) is 5.69 Å². The maximum atomic E-state index is 14.4. The largest absolute Gasteiger partial charge is 0.435 e. The van der Waals surface area contributed by atoms with E-state index in [4.69, 9.17) is 0 Å². The first-order valence-corrected chi connectivity index (χ1v) is 12.2. The number of rotatable bonds is 8. The van der Waals surface area contributed by atoms with Crippen molar-refractivity contribution in [1.29, 1.82) is 0 Å². The van der Waals surface area contributed by atoms with Crippen molar-refractivity contribution in [3.8, 4) is 11.1 Å². The van der Waals surface area contributed by atoms with Crippen molar-refractivity contribution in [1.82, 2.24) is 25.4 Å². The van der Waals surface area contributed by atoms with Crippen LogP contribution in [0.3, 0.4) is 0 Å². The Balaban J connectivity index is 1.75. The maximum Gasteiger partial charge on any atom is 0.435 e. The fourth-order valence-electron chi connectivity index (χ4n) is 4.24. The molecule has 2 aromatic carbocycles. The number of carbonyl (C=O) groups is 2. The SMILES string of the molecule is CNC(=O)c1cc(-c2cccnc2[C@H](Cc2cc(F)cc(F)c2)NC(=O)C(C)n2ccc(C(F)(F)F)n2)ccc1F. The van der Waals surface area contributed by atoms with Crippen molar-refractivity contribution in [3.63, 3.8) is 0 Å². The molecule has 2 atom stereocenters. The fraction of sp³-hybridized carbons (Fsp3) is 0.214. The van der Waals surface area contributed by atoms with Crippen molar-refractivity contribution in [2.24, 2.45) is 0 Å². The number of alkyl halides is 3. The molecule has 2 N–H and O–H groups in total. The van der Waals surface area contributed by atoms with Crippen LogP contribution in [-0.4, -0.2) is 33.6 Å². The van der Waals surface area contributed by atoms with Gasteiger partial charge in [-0.25, -0.2) is 13.2 Å². The van der Waals surface area contributed by atoms with Gasteiger partial charge in [0.25, 0.3) is 5.91 Å². The molecule has 7 nitrogen and oxygen atoms in total. The van der Waals surface area contributed by atoms with Crippen LogP contribution in [0.4, 0.5) is 26.3 Å². The Morgan fingerprint density at radius 1 is 1.00 bits per heavy atom. The van der Waals surface area contributed by atoms with Crippen molar-refractivity contribution < 1.29 is 35.9 Å². The zero-order valence-electron chi connectivity index (χ0n) is 21.6. The van der Waals surface area contributed by atoms with E-state index in [2.05, 4.69) is 20.7 Å². The molecule has 0 spiro atoms. The van der Waals surface area contributed by atoms with Crippen LogP contribution in [0.15, 0.2) is 67.0 Å². The number of hydrogen-bond acceptors (Lipinski definition) is 4. The molecule has 0 fully saturated rings. The van der Waals surface area contributed by atoms with Crippen LogP contribution in [-0.2, 0) is 17.4 Å². The van der Waals surface area contributed by atoms with Gasteiger partial charge in [-0.1, -0.05) is 12.1 Å². The number of halogens is 6. The topological polar surface area (TPSA) is 88.9 Å². The third-order valence-electron chi connectivity index (χ3n) is 6.27. The molecule has 0 saturated heterocycles. The normalized spacial score (nSPS) is 13.0. The minimum absolute atomic E-state index is 0.153. The first-order valence-electron chi connectivity index (χ1n) is 12.2. The van der Waals surface area contributed by atoms with Crippen LogP contribution in [0.1, 0.15) is 46.3 Å². The standard InChI is InChI=1S/C28H23F6N5O2/c1-15(39-9-7-24(38-39)28(32,33)34)26(40)37-23(12-16-10-18(29)14-19(30)11-16)25-20(4-3-8-36-25)17-5-6-22(31)21(13-17)27(41)35-2/h3-11,13-15,23H,12H2,1-2H3,(H,35,41)(H,37,40)/t15?,23-/m0/s1. The first-order chi connectivity index (χ1) is 19.4. The molecule has 13 heteroatoms. The Hall–Kier alpha value is -4.68. The highest BCUT2D eigenvalue weighted by molar-refractivity contribution is 5.95. The molecule has 0 aliphatic carbocycles. The molecule has 2 amide bonds. The Morgan fingerprint density at radius 2 is 1.71 bits per heavy atom. The van der Waals surface area contributed by atoms with Gasteiger partial charge in [0, 0.05) is 31.1 Å². The molecule has 2 heterocycles. The van der Waals surface area contributed by atoms with Crippen molar-refractivity contribution in [3.05, 3.63) is 107 Å². The molecule has 4 rings (SSSR count). The predicted octanol–water partition coefficient (Wildman–Crippen LogP) is 5.40. The molecular formula is C28H23F6N5O2. The Kier molecular flexibility index (Phi) is 8.45. The van der Waals surface area contributed by atoms with E-state index in [9.17, 15) is 35.9 Å². The molecule has 2 aromatic heterocycles. The molecule has 4 aromatic rings. The summed E-state index contributed by atoms with van der Waals surface area (Å²) in [6, 6.07) is 8.21. The average molecular weight is 576 g/mol. The van der Waals surface area contributed by atoms with E-state index in [-0.39, 0.29) is 23.2 Å². The zero-order chi connectivity index (χ0) is 29.9. The van der Waals surface area contributed by atoms with E-state index in [1.165, 1.54) is 32.3 Å². The summed E-state index contributed by atoms with van der Waals surface area (Å²) in [4.78, 5) is 29.8. The van der Waals surface area contributed by atoms with E-state index in [0.29, 0.717) is 17.2 Å². The minimum Gasteiger partial charge on any atom is -0.355 e. The quantitative estimate of drug-likeness (QED) is 0.276. The highest BCUT2D eigenvalue weighted by Gasteiger charge is 2.34. The molecular weight excluding hydrogens is 552 g/mol. The monoisotopic (exact) mass is 575 g/mol. The van der Waals surface area contributed by atoms with Gasteiger partial charge in [0.05, 0.1) is 17.3 Å². The van der Waals surface area contributed by atoms with E-state index in [1.54, 1.807) is 12.1 Å². The summed E-state index contributed by atoms with van der Waals surface area (Å²) in [5, 5.41) is 8.48. The molecule has 0 bridgehead atoms. The molecule has 0 radical (unpaired) electrons. The number of pyridine rings is 1. The first kappa shape index (κ1) is 29.3. The average Bonchev–Trinajstić information content (AvgIpc) is 3.43. The van der Waals surface area contributed by atoms with Gasteiger partial charge in [-0.2, -0.15) is 18.3 Å². The number of nitrogens with one attached hydrogen (secondary N) is 2. The van der Waals surface area contributed by atoms with E-state index < -0.39 is 53.2 Å². The Morgan fingerprint density at radius 3 is 2.34 bits per heavy atom. The highest BCUT2D eigenvalue weighted by atomic mass is 19.4. The molecule has 0 aliphatic heterocycles. The third kappa shape index (κ3) is 6.73. The number of nitrogens with zero attached hydrogens (tertiary/aromatic N) is 3. The van der Waals surface area contributed by atoms with Crippen LogP contribution in [0.2, 0.25) is 0 Å². The highest BCUT2D eigenvalue weighted by Crippen LogP contribution is 2.31. The van der Waals surface area contributed by atoms with Gasteiger partial charge >= 0.3 is 6.18 Å². The van der Waals surface area contributed by atoms with Crippen LogP contribution < -0.4 is 10.6 Å². The predicted molar refractivity (Wildman–Crippen MR) is 136 cm³/mol. The lowest BCUT2D eigenvalue weighted by molar-refractivity contribution is -0.142. The van der Waals surface area contributed by atoms with Gasteiger partial charge in [-0.15, -0.1) is 0 Å². The number of benzene rings is 2. The summed E-state index contributed by atoms with van der Waals surface area (Å²) < 4.78 is 82.3. The summed E-state index contributed by atoms with van der Waals surface area (Å²) in [7, 11) is 1.34. The van der Waals surface area contributed by atoms with E-state index >= 15 is 0 Å². The van der Waals surface area contributed by atoms with Crippen LogP contribution >= 0.6 is 0 Å². The lowest BCUT2D eigenvalue weighted by Crippen LogP contribution is -2.36. The van der Waals surface area contributed by atoms with Gasteiger partial charge in [-0.3, -0.25) is 19.3 Å². The van der Waals surface area contributed by atoms with Crippen molar-refractivity contribution in [2.45, 2.75) is 31.6 Å². The number of carbonyl (C=O) groups excluding carboxylic acids is 2. The molecule has 0 saturated carbocycles. The summed E-state index contributed by atoms with van der Waals surface area (Å²) in [5.41, 5.74) is -0.359. The lowest BCUT2D eigenvalue weighted by atomic mass is 9.94. The molecule has 214 valence electrons. The molecule has 0 aliphatic rings. The second-order valence-corrected chi connectivity index (χ2v) is 9.11. The Labute approximate surface area is 230 Å². The van der Waals surface area contributed by atoms with Crippen molar-refractivity contribution in [2.75, 3.05) is 7.05 Å². The summed E-state index contributed by atoms with van der Waals surface area (Å²) in [5.74, 6) is -3.93. The van der Waals surface area contributed by atoms with Crippen LogP contribution in [0.25, 0.3) is 11.1 Å². The van der Waals surface area contributed by atoms with Crippen LogP contribution in [0.5, 0.6) is 0 Å². The minimum atomic E-state index is -4.71. The Bertz CT molecular complexity index is 1570. The van der Waals surface area contributed by atoms with Crippen molar-refractivity contribution >= 4 is 11.8 Å². The lowest BCUT2D eigenvalue weighted by Gasteiger charge is -2.23. The number of aromatic nitrogens is 3. The number of hydrogen-bond donors (Lipinski definition) is 2. The molecule has 1 unspecified atom stereocenters. The van der Waals surface area contributed by atoms with Gasteiger partial charge in [-0.05, 0) is 60.9 Å². The van der Waals surface area contributed by atoms with Gasteiger partial charge in [0.1, 0.15) is 23.5 Å². The summed E-state index contributed by atoms with van der Waals surface area (Å²) in [6.45, 7) is 1.33. The second-order valence-electron chi connectivity index (χ2n) is 9.11. The number of amides is 2. The van der Waals surface area contributed by atoms with Gasteiger partial charge in [0.2, 0.25) is 5.91 Å². The van der Waals surface area contributed by atoms with E-state index in [0.717, 1.165) is 35.1 Å². The maximum absolute atomic E-state index is 14.4. The second kappa shape index (κ2) is 11.8. The fourth-order valence-corrected chi connectivity index (χ4v) is 4.24. The summed E-state index contributed by atoms with van der Waals surface area (Å²) >= 11 is 0. The van der Waals surface area contributed by atoms with E-state index in [1.807, 2.05) is 0 Å². The van der Waals surface area contributed by atoms with Crippen LogP contribution in [0, 0.1) is 17.5 Å². The third-order valence-corrected chi connectivity index (χ3v) is 6.27. The van der Waals surface area contributed by atoms with Gasteiger partial charge < -0.3 is 10.6 Å². The smallest absolute Gasteiger partial charge is 0.355 e. The molecule has 41 heavy (non-hydrogen) atoms. The summed E-state index contributed by atoms with van der Waals surface area (Å²) in [6.07, 6.45) is -2.47.